The van der Waals surface area contributed by atoms with Gasteiger partial charge >= 0.3 is 0 Å². The van der Waals surface area contributed by atoms with E-state index in [1.54, 1.807) is 0 Å². The molecular weight excluding hydrogens is 260 g/mol. The number of rotatable bonds is 8. The highest BCUT2D eigenvalue weighted by molar-refractivity contribution is 5.83. The molecule has 21 heavy (non-hydrogen) atoms. The average Bonchev–Trinajstić information content (AvgIpc) is 2.41. The summed E-state index contributed by atoms with van der Waals surface area (Å²) in [5.74, 6) is 3.02. The van der Waals surface area contributed by atoms with Crippen LogP contribution >= 0.6 is 0 Å². The lowest BCUT2D eigenvalue weighted by Gasteiger charge is -2.30. The molecule has 0 aromatic carbocycles. The Hall–Kier alpha value is -0.370. The van der Waals surface area contributed by atoms with Crippen LogP contribution < -0.4 is 0 Å². The molecule has 1 rings (SSSR count). The van der Waals surface area contributed by atoms with Crippen molar-refractivity contribution < 1.29 is 9.53 Å². The van der Waals surface area contributed by atoms with Gasteiger partial charge < -0.3 is 4.74 Å². The number of ether oxygens (including phenoxy) is 1. The zero-order chi connectivity index (χ0) is 15.9. The third kappa shape index (κ3) is 7.44. The standard InChI is InChI=1S/C19H36O2/c1-15(2)17-10-8-16(9-11-17)12-14-21-13-6-7-18(20)19(3,4)5/h15-17H,6-14H2,1-5H3. The van der Waals surface area contributed by atoms with Gasteiger partial charge in [-0.15, -0.1) is 0 Å². The predicted molar refractivity (Wildman–Crippen MR) is 89.4 cm³/mol. The Labute approximate surface area is 132 Å². The van der Waals surface area contributed by atoms with Gasteiger partial charge in [0.1, 0.15) is 5.78 Å². The smallest absolute Gasteiger partial charge is 0.138 e. The molecule has 0 amide bonds. The van der Waals surface area contributed by atoms with Crippen molar-refractivity contribution in [3.8, 4) is 0 Å². The molecule has 0 radical (unpaired) electrons. The first kappa shape index (κ1) is 18.7. The Morgan fingerprint density at radius 3 is 2.24 bits per heavy atom. The largest absolute Gasteiger partial charge is 0.381 e. The highest BCUT2D eigenvalue weighted by atomic mass is 16.5. The van der Waals surface area contributed by atoms with Gasteiger partial charge in [0.05, 0.1) is 0 Å². The molecule has 0 N–H and O–H groups in total. The summed E-state index contributed by atoms with van der Waals surface area (Å²) in [6, 6.07) is 0. The number of hydrogen-bond acceptors (Lipinski definition) is 2. The average molecular weight is 296 g/mol. The zero-order valence-electron chi connectivity index (χ0n) is 14.9. The number of carbonyl (C=O) groups is 1. The maximum Gasteiger partial charge on any atom is 0.138 e. The van der Waals surface area contributed by atoms with E-state index < -0.39 is 0 Å². The van der Waals surface area contributed by atoms with Crippen LogP contribution in [-0.2, 0) is 9.53 Å². The lowest BCUT2D eigenvalue weighted by atomic mass is 9.76. The summed E-state index contributed by atoms with van der Waals surface area (Å²) in [6.45, 7) is 12.3. The van der Waals surface area contributed by atoms with E-state index in [0.717, 1.165) is 37.4 Å². The maximum absolute atomic E-state index is 11.8. The Bertz CT molecular complexity index is 293. The zero-order valence-corrected chi connectivity index (χ0v) is 14.9. The Morgan fingerprint density at radius 1 is 1.10 bits per heavy atom. The van der Waals surface area contributed by atoms with Crippen LogP contribution in [0.5, 0.6) is 0 Å². The lowest BCUT2D eigenvalue weighted by Crippen LogP contribution is -2.20. The summed E-state index contributed by atoms with van der Waals surface area (Å²) in [5, 5.41) is 0. The van der Waals surface area contributed by atoms with Gasteiger partial charge in [-0.25, -0.2) is 0 Å². The SMILES string of the molecule is CC(C)C1CCC(CCOCCCC(=O)C(C)(C)C)CC1. The van der Waals surface area contributed by atoms with Gasteiger partial charge in [-0.3, -0.25) is 4.79 Å². The second-order valence-corrected chi connectivity index (χ2v) is 8.20. The fraction of sp³-hybridized carbons (Fsp3) is 0.947. The quantitative estimate of drug-likeness (QED) is 0.572. The summed E-state index contributed by atoms with van der Waals surface area (Å²) in [4.78, 5) is 11.8. The van der Waals surface area contributed by atoms with Crippen molar-refractivity contribution in [1.29, 1.82) is 0 Å². The van der Waals surface area contributed by atoms with Crippen molar-refractivity contribution in [3.05, 3.63) is 0 Å². The van der Waals surface area contributed by atoms with Crippen LogP contribution in [0.2, 0.25) is 0 Å². The third-order valence-electron chi connectivity index (χ3n) is 5.03. The first-order valence-corrected chi connectivity index (χ1v) is 8.91. The van der Waals surface area contributed by atoms with Crippen LogP contribution in [-0.4, -0.2) is 19.0 Å². The minimum atomic E-state index is -0.199. The van der Waals surface area contributed by atoms with E-state index in [1.807, 2.05) is 20.8 Å². The number of ketones is 1. The van der Waals surface area contributed by atoms with Crippen LogP contribution in [0.1, 0.15) is 79.6 Å². The Morgan fingerprint density at radius 2 is 1.71 bits per heavy atom. The van der Waals surface area contributed by atoms with E-state index in [0.29, 0.717) is 12.2 Å². The van der Waals surface area contributed by atoms with Gasteiger partial charge in [0.2, 0.25) is 0 Å². The first-order valence-electron chi connectivity index (χ1n) is 8.91. The normalized spacial score (nSPS) is 23.5. The molecule has 1 fully saturated rings. The van der Waals surface area contributed by atoms with Gasteiger partial charge in [-0.05, 0) is 43.4 Å². The van der Waals surface area contributed by atoms with Gasteiger partial charge in [0.15, 0.2) is 0 Å². The van der Waals surface area contributed by atoms with Gasteiger partial charge in [-0.2, -0.15) is 0 Å². The number of hydrogen-bond donors (Lipinski definition) is 0. The third-order valence-corrected chi connectivity index (χ3v) is 5.03. The second kappa shape index (κ2) is 8.92. The van der Waals surface area contributed by atoms with E-state index in [4.69, 9.17) is 4.74 Å². The summed E-state index contributed by atoms with van der Waals surface area (Å²) >= 11 is 0. The fourth-order valence-electron chi connectivity index (χ4n) is 3.21. The molecule has 1 aliphatic carbocycles. The molecular formula is C19H36O2. The molecule has 2 heteroatoms. The van der Waals surface area contributed by atoms with Gasteiger partial charge in [0, 0.05) is 25.0 Å². The van der Waals surface area contributed by atoms with Crippen LogP contribution in [0.3, 0.4) is 0 Å². The highest BCUT2D eigenvalue weighted by Gasteiger charge is 2.23. The Kier molecular flexibility index (Phi) is 7.94. The highest BCUT2D eigenvalue weighted by Crippen LogP contribution is 2.34. The van der Waals surface area contributed by atoms with Crippen molar-refractivity contribution in [3.63, 3.8) is 0 Å². The van der Waals surface area contributed by atoms with Crippen molar-refractivity contribution in [1.82, 2.24) is 0 Å². The molecule has 0 aromatic heterocycles. The summed E-state index contributed by atoms with van der Waals surface area (Å²) in [5.41, 5.74) is -0.199. The van der Waals surface area contributed by atoms with E-state index in [-0.39, 0.29) is 5.41 Å². The predicted octanol–water partition coefficient (Wildman–Crippen LogP) is 5.25. The van der Waals surface area contributed by atoms with Crippen LogP contribution in [0, 0.1) is 23.2 Å². The molecule has 0 heterocycles. The van der Waals surface area contributed by atoms with E-state index in [2.05, 4.69) is 13.8 Å². The summed E-state index contributed by atoms with van der Waals surface area (Å²) in [6.07, 6.45) is 8.31. The number of carbonyl (C=O) groups excluding carboxylic acids is 1. The summed E-state index contributed by atoms with van der Waals surface area (Å²) in [7, 11) is 0. The fourth-order valence-corrected chi connectivity index (χ4v) is 3.21. The molecule has 0 aliphatic heterocycles. The molecule has 0 unspecified atom stereocenters. The van der Waals surface area contributed by atoms with Gasteiger partial charge in [-0.1, -0.05) is 47.5 Å². The van der Waals surface area contributed by atoms with E-state index in [1.165, 1.54) is 32.1 Å². The van der Waals surface area contributed by atoms with Crippen LogP contribution in [0.4, 0.5) is 0 Å². The van der Waals surface area contributed by atoms with Crippen molar-refractivity contribution >= 4 is 5.78 Å². The molecule has 0 aromatic rings. The van der Waals surface area contributed by atoms with Crippen molar-refractivity contribution in [2.24, 2.45) is 23.2 Å². The molecule has 0 spiro atoms. The van der Waals surface area contributed by atoms with E-state index in [9.17, 15) is 4.79 Å². The minimum absolute atomic E-state index is 0.199. The molecule has 0 saturated heterocycles. The van der Waals surface area contributed by atoms with Gasteiger partial charge in [0.25, 0.3) is 0 Å². The summed E-state index contributed by atoms with van der Waals surface area (Å²) < 4.78 is 5.72. The lowest BCUT2D eigenvalue weighted by molar-refractivity contribution is -0.126. The van der Waals surface area contributed by atoms with Crippen molar-refractivity contribution in [2.45, 2.75) is 79.6 Å². The molecule has 0 atom stereocenters. The first-order chi connectivity index (χ1) is 9.80. The monoisotopic (exact) mass is 296 g/mol. The second-order valence-electron chi connectivity index (χ2n) is 8.20. The minimum Gasteiger partial charge on any atom is -0.381 e. The maximum atomic E-state index is 11.8. The molecule has 1 aliphatic rings. The Balaban J connectivity index is 1.99. The van der Waals surface area contributed by atoms with E-state index >= 15 is 0 Å². The molecule has 2 nitrogen and oxygen atoms in total. The number of Topliss-reactive ketones (excluding diaryl/α,β-unsaturated/α-hetero) is 1. The topological polar surface area (TPSA) is 26.3 Å². The van der Waals surface area contributed by atoms with Crippen LogP contribution in [0.15, 0.2) is 0 Å². The van der Waals surface area contributed by atoms with Crippen LogP contribution in [0.25, 0.3) is 0 Å². The molecule has 0 bridgehead atoms. The molecule has 124 valence electrons. The molecule has 1 saturated carbocycles. The van der Waals surface area contributed by atoms with Crippen molar-refractivity contribution in [2.75, 3.05) is 13.2 Å².